The third kappa shape index (κ3) is 10.1. The first-order valence-corrected chi connectivity index (χ1v) is 23.6. The lowest BCUT2D eigenvalue weighted by Crippen LogP contribution is -2.15. The van der Waals surface area contributed by atoms with Crippen LogP contribution < -0.4 is 10.6 Å². The summed E-state index contributed by atoms with van der Waals surface area (Å²) in [7, 11) is -24.1. The standard InChI is InChI=1S/C31H24ClN7O16S5/c32-29-35-30(33-17-4-7-19(8-5-17)56(41,42)13-12-55-60(52,53)54)37-31(36-29)34-18-6-9-20-16(14-18)15-25(58(46,47)48)26(27(20)40)39-38-23-11-10-21-22(28(23)59(49,50)51)2-1-3-24(21)57(43,44)45/h1-11,14-15,40H,12-13H2,(H,43,44,45)(H,46,47,48)(H,49,50,51)(H,52,53,54)(H2,33,34,35,36,37). The van der Waals surface area contributed by atoms with Gasteiger partial charge in [0.05, 0.1) is 17.3 Å². The lowest BCUT2D eigenvalue weighted by atomic mass is 10.1. The van der Waals surface area contributed by atoms with E-state index in [1.165, 1.54) is 42.5 Å². The van der Waals surface area contributed by atoms with E-state index in [2.05, 4.69) is 40.0 Å². The number of phenols is 1. The summed E-state index contributed by atoms with van der Waals surface area (Å²) in [6.07, 6.45) is 0. The number of nitrogens with one attached hydrogen (secondary N) is 2. The van der Waals surface area contributed by atoms with Crippen molar-refractivity contribution in [1.29, 1.82) is 0 Å². The number of phenolic OH excluding ortho intramolecular Hbond substituents is 1. The fraction of sp³-hybridized carbons (Fsp3) is 0.0645. The number of sulfone groups is 1. The van der Waals surface area contributed by atoms with Crippen LogP contribution in [0.2, 0.25) is 5.28 Å². The molecule has 0 saturated carbocycles. The van der Waals surface area contributed by atoms with E-state index in [9.17, 15) is 60.9 Å². The average Bonchev–Trinajstić information content (AvgIpc) is 3.12. The summed E-state index contributed by atoms with van der Waals surface area (Å²) in [5.41, 5.74) is -1.09. The third-order valence-electron chi connectivity index (χ3n) is 7.99. The number of hydrogen-bond donors (Lipinski definition) is 7. The minimum Gasteiger partial charge on any atom is -0.505 e. The molecule has 0 unspecified atom stereocenters. The molecule has 0 spiro atoms. The van der Waals surface area contributed by atoms with Gasteiger partial charge in [-0.25, -0.2) is 12.6 Å². The summed E-state index contributed by atoms with van der Waals surface area (Å²) in [6.45, 7) is -0.823. The van der Waals surface area contributed by atoms with Gasteiger partial charge in [-0.3, -0.25) is 18.2 Å². The molecule has 23 nitrogen and oxygen atoms in total. The monoisotopic (exact) mass is 945 g/mol. The smallest absolute Gasteiger partial charge is 0.397 e. The van der Waals surface area contributed by atoms with Crippen LogP contribution in [0.3, 0.4) is 0 Å². The number of hydrogen-bond acceptors (Lipinski definition) is 19. The first kappa shape index (κ1) is 44.0. The Morgan fingerprint density at radius 1 is 0.633 bits per heavy atom. The Morgan fingerprint density at radius 3 is 1.83 bits per heavy atom. The summed E-state index contributed by atoms with van der Waals surface area (Å²) >= 11 is 6.09. The third-order valence-corrected chi connectivity index (χ3v) is 13.0. The lowest BCUT2D eigenvalue weighted by molar-refractivity contribution is 0.284. The summed E-state index contributed by atoms with van der Waals surface area (Å²) in [5, 5.41) is 23.0. The van der Waals surface area contributed by atoms with Crippen molar-refractivity contribution in [2.75, 3.05) is 23.0 Å². The molecular formula is C31H24ClN7O16S5. The van der Waals surface area contributed by atoms with Gasteiger partial charge in [0.15, 0.2) is 15.6 Å². The highest BCUT2D eigenvalue weighted by atomic mass is 35.5. The Bertz CT molecular complexity index is 3340. The molecule has 7 N–H and O–H groups in total. The second-order valence-corrected chi connectivity index (χ2v) is 19.7. The molecule has 0 aliphatic heterocycles. The molecule has 0 radical (unpaired) electrons. The number of aromatic nitrogens is 3. The SMILES string of the molecule is O=S(=O)(O)OCCS(=O)(=O)c1ccc(Nc2nc(Cl)nc(Nc3ccc4c(O)c(N=Nc5ccc6c(S(=O)(=O)O)cccc6c5S(=O)(=O)O)c(S(=O)(=O)O)cc4c3)n2)cc1. The van der Waals surface area contributed by atoms with Crippen molar-refractivity contribution >= 4 is 118 Å². The van der Waals surface area contributed by atoms with Gasteiger partial charge in [-0.1, -0.05) is 18.2 Å². The highest BCUT2D eigenvalue weighted by Gasteiger charge is 2.26. The van der Waals surface area contributed by atoms with E-state index in [1.807, 2.05) is 0 Å². The van der Waals surface area contributed by atoms with E-state index >= 15 is 0 Å². The van der Waals surface area contributed by atoms with Crippen LogP contribution in [0.25, 0.3) is 21.5 Å². The summed E-state index contributed by atoms with van der Waals surface area (Å²) in [5.74, 6) is -1.93. The van der Waals surface area contributed by atoms with Crippen molar-refractivity contribution in [2.45, 2.75) is 19.6 Å². The predicted molar refractivity (Wildman–Crippen MR) is 211 cm³/mol. The van der Waals surface area contributed by atoms with Crippen LogP contribution in [0.15, 0.2) is 109 Å². The van der Waals surface area contributed by atoms with E-state index in [0.29, 0.717) is 0 Å². The van der Waals surface area contributed by atoms with Crippen molar-refractivity contribution in [3.05, 3.63) is 84.1 Å². The van der Waals surface area contributed by atoms with Crippen molar-refractivity contribution in [1.82, 2.24) is 15.0 Å². The maximum Gasteiger partial charge on any atom is 0.397 e. The molecule has 316 valence electrons. The Labute approximate surface area is 343 Å². The molecule has 0 aliphatic rings. The van der Waals surface area contributed by atoms with E-state index in [0.717, 1.165) is 36.4 Å². The second-order valence-electron chi connectivity index (χ2n) is 12.0. The van der Waals surface area contributed by atoms with Crippen molar-refractivity contribution in [2.24, 2.45) is 10.2 Å². The Morgan fingerprint density at radius 2 is 1.23 bits per heavy atom. The number of aromatic hydroxyl groups is 1. The molecule has 6 aromatic rings. The van der Waals surface area contributed by atoms with Gasteiger partial charge in [-0.05, 0) is 77.7 Å². The molecule has 0 bridgehead atoms. The highest BCUT2D eigenvalue weighted by molar-refractivity contribution is 7.91. The normalized spacial score (nSPS) is 12.9. The molecule has 0 atom stereocenters. The fourth-order valence-corrected chi connectivity index (χ4v) is 9.37. The van der Waals surface area contributed by atoms with Gasteiger partial charge in [-0.15, -0.1) is 10.2 Å². The van der Waals surface area contributed by atoms with Crippen LogP contribution in [0.1, 0.15) is 0 Å². The first-order chi connectivity index (χ1) is 27.8. The van der Waals surface area contributed by atoms with Gasteiger partial charge in [0.25, 0.3) is 30.4 Å². The zero-order chi connectivity index (χ0) is 44.0. The quantitative estimate of drug-likeness (QED) is 0.0571. The molecular weight excluding hydrogens is 922 g/mol. The van der Waals surface area contributed by atoms with Crippen molar-refractivity contribution < 1.29 is 69.6 Å². The van der Waals surface area contributed by atoms with E-state index in [-0.39, 0.29) is 49.6 Å². The number of halogens is 1. The second kappa shape index (κ2) is 16.2. The zero-order valence-electron chi connectivity index (χ0n) is 29.3. The molecule has 1 aromatic heterocycles. The molecule has 5 aromatic carbocycles. The van der Waals surface area contributed by atoms with Crippen LogP contribution in [0, 0.1) is 0 Å². The topological polar surface area (TPSA) is 369 Å². The summed E-state index contributed by atoms with van der Waals surface area (Å²) < 4.78 is 163. The molecule has 0 saturated heterocycles. The molecule has 29 heteroatoms. The van der Waals surface area contributed by atoms with Crippen LogP contribution >= 0.6 is 11.6 Å². The van der Waals surface area contributed by atoms with Gasteiger partial charge < -0.3 is 15.7 Å². The lowest BCUT2D eigenvalue weighted by Gasteiger charge is -2.12. The Balaban J connectivity index is 1.30. The van der Waals surface area contributed by atoms with Crippen molar-refractivity contribution in [3.63, 3.8) is 0 Å². The number of fused-ring (bicyclic) bond motifs is 2. The average molecular weight is 946 g/mol. The largest absolute Gasteiger partial charge is 0.505 e. The highest BCUT2D eigenvalue weighted by Crippen LogP contribution is 2.43. The molecule has 0 amide bonds. The number of benzene rings is 5. The minimum absolute atomic E-state index is 0.0239. The Hall–Kier alpha value is -5.53. The predicted octanol–water partition coefficient (Wildman–Crippen LogP) is 4.77. The van der Waals surface area contributed by atoms with Gasteiger partial charge in [0.1, 0.15) is 26.1 Å². The molecule has 60 heavy (non-hydrogen) atoms. The Kier molecular flexibility index (Phi) is 11.9. The van der Waals surface area contributed by atoms with Crippen LogP contribution in [0.4, 0.5) is 34.6 Å². The maximum atomic E-state index is 12.5. The number of anilines is 4. The number of azo groups is 1. The van der Waals surface area contributed by atoms with Gasteiger partial charge in [0.2, 0.25) is 17.2 Å². The molecule has 1 heterocycles. The number of rotatable bonds is 14. The fourth-order valence-electron chi connectivity index (χ4n) is 5.52. The zero-order valence-corrected chi connectivity index (χ0v) is 34.1. The molecule has 0 fully saturated rings. The van der Waals surface area contributed by atoms with E-state index in [1.54, 1.807) is 0 Å². The van der Waals surface area contributed by atoms with Crippen molar-refractivity contribution in [3.8, 4) is 5.75 Å². The van der Waals surface area contributed by atoms with Gasteiger partial charge >= 0.3 is 10.4 Å². The van der Waals surface area contributed by atoms with Crippen LogP contribution in [0.5, 0.6) is 5.75 Å². The van der Waals surface area contributed by atoms with Crippen LogP contribution in [-0.4, -0.2) is 92.7 Å². The molecule has 6 rings (SSSR count). The van der Waals surface area contributed by atoms with E-state index in [4.69, 9.17) is 16.2 Å². The first-order valence-electron chi connectivity index (χ1n) is 15.9. The van der Waals surface area contributed by atoms with Gasteiger partial charge in [-0.2, -0.15) is 48.6 Å². The van der Waals surface area contributed by atoms with Crippen LogP contribution in [-0.2, 0) is 54.8 Å². The maximum absolute atomic E-state index is 12.5. The van der Waals surface area contributed by atoms with Gasteiger partial charge in [0, 0.05) is 27.5 Å². The van der Waals surface area contributed by atoms with E-state index < -0.39 is 100 Å². The minimum atomic E-state index is -5.21. The summed E-state index contributed by atoms with van der Waals surface area (Å²) in [4.78, 5) is 9.21. The summed E-state index contributed by atoms with van der Waals surface area (Å²) in [6, 6.07) is 14.9. The molecule has 0 aliphatic carbocycles. The number of nitrogens with zero attached hydrogens (tertiary/aromatic N) is 5.